The summed E-state index contributed by atoms with van der Waals surface area (Å²) < 4.78 is 27.9. The van der Waals surface area contributed by atoms with Crippen LogP contribution in [0.1, 0.15) is 16.7 Å². The molecule has 11 heteroatoms. The summed E-state index contributed by atoms with van der Waals surface area (Å²) in [6.45, 7) is 3.63. The lowest BCUT2D eigenvalue weighted by Gasteiger charge is -2.15. The van der Waals surface area contributed by atoms with E-state index in [9.17, 15) is 18.3 Å². The van der Waals surface area contributed by atoms with Crippen LogP contribution in [-0.2, 0) is 26.1 Å². The molecule has 0 unspecified atom stereocenters. The fraction of sp³-hybridized carbons (Fsp3) is 0.263. The van der Waals surface area contributed by atoms with Gasteiger partial charge in [-0.1, -0.05) is 12.1 Å². The number of benzene rings is 2. The molecule has 0 spiro atoms. The molecule has 1 amide bonds. The van der Waals surface area contributed by atoms with Gasteiger partial charge >= 0.3 is 0 Å². The van der Waals surface area contributed by atoms with Gasteiger partial charge in [0, 0.05) is 5.56 Å². The topological polar surface area (TPSA) is 169 Å². The summed E-state index contributed by atoms with van der Waals surface area (Å²) in [5.74, 6) is -0.731. The number of oxime groups is 1. The highest BCUT2D eigenvalue weighted by Gasteiger charge is 2.19. The van der Waals surface area contributed by atoms with Gasteiger partial charge in [0.1, 0.15) is 12.4 Å². The lowest BCUT2D eigenvalue weighted by atomic mass is 10.0. The summed E-state index contributed by atoms with van der Waals surface area (Å²) in [4.78, 5) is 17.1. The van der Waals surface area contributed by atoms with Crippen molar-refractivity contribution >= 4 is 27.6 Å². The fourth-order valence-electron chi connectivity index (χ4n) is 2.64. The van der Waals surface area contributed by atoms with Crippen LogP contribution >= 0.6 is 0 Å². The van der Waals surface area contributed by atoms with Crippen LogP contribution in [0, 0.1) is 13.8 Å². The van der Waals surface area contributed by atoms with E-state index in [0.29, 0.717) is 11.1 Å². The molecule has 0 aliphatic heterocycles. The van der Waals surface area contributed by atoms with Crippen LogP contribution in [0.2, 0.25) is 0 Å². The number of aromatic hydroxyl groups is 1. The lowest BCUT2D eigenvalue weighted by molar-refractivity contribution is -0.120. The second-order valence-electron chi connectivity index (χ2n) is 6.53. The Labute approximate surface area is 175 Å². The maximum Gasteiger partial charge on any atom is 0.261 e. The molecular formula is C19H25N5O5S. The third kappa shape index (κ3) is 6.27. The highest BCUT2D eigenvalue weighted by Crippen LogP contribution is 2.29. The van der Waals surface area contributed by atoms with Crippen LogP contribution in [0.25, 0.3) is 0 Å². The normalized spacial score (nSPS) is 10.9. The first-order valence-electron chi connectivity index (χ1n) is 8.98. The van der Waals surface area contributed by atoms with Crippen LogP contribution in [0.15, 0.2) is 46.4 Å². The maximum atomic E-state index is 12.7. The van der Waals surface area contributed by atoms with Crippen molar-refractivity contribution in [3.8, 4) is 5.75 Å². The van der Waals surface area contributed by atoms with Gasteiger partial charge in [-0.2, -0.15) is 0 Å². The predicted molar refractivity (Wildman–Crippen MR) is 113 cm³/mol. The number of hydrogen-bond donors (Lipinski definition) is 5. The predicted octanol–water partition coefficient (Wildman–Crippen LogP) is 0.674. The molecule has 7 N–H and O–H groups in total. The van der Waals surface area contributed by atoms with Crippen molar-refractivity contribution in [2.75, 3.05) is 17.9 Å². The van der Waals surface area contributed by atoms with E-state index in [1.165, 1.54) is 18.2 Å². The number of hydrogen-bond acceptors (Lipinski definition) is 6. The van der Waals surface area contributed by atoms with Crippen molar-refractivity contribution in [3.05, 3.63) is 53.1 Å². The van der Waals surface area contributed by atoms with Crippen LogP contribution in [-0.4, -0.2) is 38.5 Å². The number of carbonyl (C=O) groups excluding carboxylic acids is 1. The maximum absolute atomic E-state index is 12.7. The Kier molecular flexibility index (Phi) is 7.48. The standard InChI is InChI=1S/C19H25N5O5S/c1-12-4-3-5-14(10-12)30(27,28)24-16-6-7-17(25)15(13(16)2)11-18(26)22-8-9-29-23-19(20)21/h3-7,10,24-25H,8-9,11H2,1-2H3,(H,22,26)(H4,20,21,23). The van der Waals surface area contributed by atoms with Crippen molar-refractivity contribution in [3.63, 3.8) is 0 Å². The Bertz CT molecular complexity index is 1050. The van der Waals surface area contributed by atoms with Crippen molar-refractivity contribution in [2.24, 2.45) is 16.6 Å². The minimum atomic E-state index is -3.83. The summed E-state index contributed by atoms with van der Waals surface area (Å²) in [5.41, 5.74) is 12.1. The van der Waals surface area contributed by atoms with E-state index < -0.39 is 10.0 Å². The number of rotatable bonds is 9. The first kappa shape index (κ1) is 22.8. The highest BCUT2D eigenvalue weighted by molar-refractivity contribution is 7.92. The summed E-state index contributed by atoms with van der Waals surface area (Å²) in [7, 11) is -3.83. The zero-order chi connectivity index (χ0) is 22.3. The molecule has 0 radical (unpaired) electrons. The number of carbonyl (C=O) groups is 1. The zero-order valence-corrected chi connectivity index (χ0v) is 17.5. The number of nitrogens with zero attached hydrogens (tertiary/aromatic N) is 1. The van der Waals surface area contributed by atoms with E-state index in [-0.39, 0.29) is 47.8 Å². The molecule has 0 bridgehead atoms. The van der Waals surface area contributed by atoms with E-state index in [4.69, 9.17) is 16.3 Å². The molecular weight excluding hydrogens is 410 g/mol. The Morgan fingerprint density at radius 2 is 1.93 bits per heavy atom. The van der Waals surface area contributed by atoms with Gasteiger partial charge in [-0.25, -0.2) is 8.42 Å². The molecule has 0 atom stereocenters. The van der Waals surface area contributed by atoms with Gasteiger partial charge in [0.25, 0.3) is 10.0 Å². The third-order valence-electron chi connectivity index (χ3n) is 4.14. The highest BCUT2D eigenvalue weighted by atomic mass is 32.2. The van der Waals surface area contributed by atoms with Crippen molar-refractivity contribution in [1.29, 1.82) is 0 Å². The Morgan fingerprint density at radius 1 is 1.20 bits per heavy atom. The second kappa shape index (κ2) is 9.83. The van der Waals surface area contributed by atoms with Gasteiger partial charge in [-0.15, -0.1) is 0 Å². The molecule has 0 aromatic heterocycles. The van der Waals surface area contributed by atoms with Gasteiger partial charge in [0.2, 0.25) is 11.9 Å². The minimum Gasteiger partial charge on any atom is -0.508 e. The third-order valence-corrected chi connectivity index (χ3v) is 5.50. The van der Waals surface area contributed by atoms with Crippen molar-refractivity contribution < 1.29 is 23.2 Å². The Hall–Kier alpha value is -3.47. The van der Waals surface area contributed by atoms with Gasteiger partial charge in [0.15, 0.2) is 0 Å². The SMILES string of the molecule is Cc1cccc(S(=O)(=O)Nc2ccc(O)c(CC(=O)NCCON=C(N)N)c2C)c1. The fourth-order valence-corrected chi connectivity index (χ4v) is 3.87. The summed E-state index contributed by atoms with van der Waals surface area (Å²) >= 11 is 0. The largest absolute Gasteiger partial charge is 0.508 e. The van der Waals surface area contributed by atoms with Gasteiger partial charge < -0.3 is 26.7 Å². The van der Waals surface area contributed by atoms with E-state index >= 15 is 0 Å². The lowest BCUT2D eigenvalue weighted by Crippen LogP contribution is -2.29. The smallest absolute Gasteiger partial charge is 0.261 e. The summed E-state index contributed by atoms with van der Waals surface area (Å²) in [5, 5.41) is 16.1. The molecule has 30 heavy (non-hydrogen) atoms. The van der Waals surface area contributed by atoms with E-state index in [0.717, 1.165) is 5.56 Å². The molecule has 162 valence electrons. The number of amides is 1. The second-order valence-corrected chi connectivity index (χ2v) is 8.22. The number of guanidine groups is 1. The molecule has 0 fully saturated rings. The number of phenols is 1. The molecule has 10 nitrogen and oxygen atoms in total. The Balaban J connectivity index is 2.11. The van der Waals surface area contributed by atoms with Crippen molar-refractivity contribution in [1.82, 2.24) is 5.32 Å². The van der Waals surface area contributed by atoms with Gasteiger partial charge in [0.05, 0.1) is 23.5 Å². The van der Waals surface area contributed by atoms with Crippen LogP contribution in [0.5, 0.6) is 5.75 Å². The number of aryl methyl sites for hydroxylation is 1. The van der Waals surface area contributed by atoms with Gasteiger partial charge in [-0.05, 0) is 54.4 Å². The molecule has 2 aromatic rings. The monoisotopic (exact) mass is 435 g/mol. The summed E-state index contributed by atoms with van der Waals surface area (Å²) in [6.07, 6.45) is -0.153. The Morgan fingerprint density at radius 3 is 2.60 bits per heavy atom. The van der Waals surface area contributed by atoms with Gasteiger partial charge in [-0.3, -0.25) is 9.52 Å². The van der Waals surface area contributed by atoms with Crippen LogP contribution < -0.4 is 21.5 Å². The number of anilines is 1. The number of sulfonamides is 1. The first-order chi connectivity index (χ1) is 14.1. The molecule has 0 saturated carbocycles. The number of nitrogens with two attached hydrogens (primary N) is 2. The number of phenolic OH excluding ortho intramolecular Hbond substituents is 1. The first-order valence-corrected chi connectivity index (χ1v) is 10.5. The van der Waals surface area contributed by atoms with E-state index in [1.807, 2.05) is 0 Å². The zero-order valence-electron chi connectivity index (χ0n) is 16.7. The van der Waals surface area contributed by atoms with Crippen LogP contribution in [0.3, 0.4) is 0 Å². The molecule has 0 saturated heterocycles. The average Bonchev–Trinajstić information content (AvgIpc) is 2.67. The molecule has 0 aliphatic carbocycles. The minimum absolute atomic E-state index is 0.0605. The molecule has 2 aromatic carbocycles. The molecule has 0 heterocycles. The molecule has 0 aliphatic rings. The summed E-state index contributed by atoms with van der Waals surface area (Å²) in [6, 6.07) is 9.28. The van der Waals surface area contributed by atoms with E-state index in [2.05, 4.69) is 15.2 Å². The van der Waals surface area contributed by atoms with Crippen LogP contribution in [0.4, 0.5) is 5.69 Å². The number of nitrogens with one attached hydrogen (secondary N) is 2. The van der Waals surface area contributed by atoms with Crippen molar-refractivity contribution in [2.45, 2.75) is 25.2 Å². The quantitative estimate of drug-likeness (QED) is 0.127. The average molecular weight is 436 g/mol. The van der Waals surface area contributed by atoms with E-state index in [1.54, 1.807) is 32.0 Å². The molecule has 2 rings (SSSR count).